The van der Waals surface area contributed by atoms with Gasteiger partial charge in [-0.05, 0) is 13.0 Å². The number of halogens is 1. The minimum Gasteiger partial charge on any atom is -0.355 e. The largest absolute Gasteiger partial charge is 0.355 e. The number of hydrogen-bond acceptors (Lipinski definition) is 6. The van der Waals surface area contributed by atoms with Gasteiger partial charge in [0.25, 0.3) is 5.69 Å². The number of amides is 1. The third-order valence-electron chi connectivity index (χ3n) is 2.60. The van der Waals surface area contributed by atoms with E-state index >= 15 is 0 Å². The van der Waals surface area contributed by atoms with Gasteiger partial charge in [0.2, 0.25) is 15.9 Å². The summed E-state index contributed by atoms with van der Waals surface area (Å²) in [5.74, 6) is -0.292. The lowest BCUT2D eigenvalue weighted by Gasteiger charge is -2.09. The van der Waals surface area contributed by atoms with E-state index < -0.39 is 25.5 Å². The monoisotopic (exact) mass is 366 g/mol. The van der Waals surface area contributed by atoms with Crippen LogP contribution in [0.3, 0.4) is 0 Å². The highest BCUT2D eigenvalue weighted by Gasteiger charge is 2.24. The van der Waals surface area contributed by atoms with Gasteiger partial charge in [-0.2, -0.15) is 0 Å². The van der Waals surface area contributed by atoms with E-state index in [1.165, 1.54) is 12.1 Å². The highest BCUT2D eigenvalue weighted by atomic mass is 35.5. The van der Waals surface area contributed by atoms with Crippen LogP contribution in [0.1, 0.15) is 13.3 Å². The van der Waals surface area contributed by atoms with E-state index in [9.17, 15) is 23.3 Å². The molecule has 0 aliphatic carbocycles. The molecule has 0 aromatic heterocycles. The van der Waals surface area contributed by atoms with Crippen LogP contribution in [-0.2, 0) is 14.8 Å². The van der Waals surface area contributed by atoms with Crippen LogP contribution in [0.4, 0.5) is 5.69 Å². The lowest BCUT2D eigenvalue weighted by molar-refractivity contribution is -0.387. The molecule has 0 aliphatic rings. The number of hydrogen-bond donors (Lipinski definition) is 3. The number of nitrogens with one attached hydrogen (secondary N) is 2. The van der Waals surface area contributed by atoms with Gasteiger partial charge >= 0.3 is 0 Å². The molecule has 11 heteroatoms. The first-order valence-corrected chi connectivity index (χ1v) is 7.97. The highest BCUT2D eigenvalue weighted by Crippen LogP contribution is 2.22. The van der Waals surface area contributed by atoms with E-state index in [0.717, 1.165) is 12.1 Å². The van der Waals surface area contributed by atoms with Gasteiger partial charge in [-0.1, -0.05) is 12.1 Å². The summed E-state index contributed by atoms with van der Waals surface area (Å²) in [6.45, 7) is 1.65. The second-order valence-electron chi connectivity index (χ2n) is 4.65. The van der Waals surface area contributed by atoms with Crippen molar-refractivity contribution in [2.24, 2.45) is 5.73 Å². The lowest BCUT2D eigenvalue weighted by atomic mass is 10.2. The van der Waals surface area contributed by atoms with Crippen LogP contribution in [0.5, 0.6) is 0 Å². The zero-order valence-electron chi connectivity index (χ0n) is 12.4. The zero-order chi connectivity index (χ0) is 16.8. The average Bonchev–Trinajstić information content (AvgIpc) is 2.43. The predicted octanol–water partition coefficient (Wildman–Crippen LogP) is 0.148. The van der Waals surface area contributed by atoms with Crippen LogP contribution in [0.25, 0.3) is 0 Å². The van der Waals surface area contributed by atoms with Gasteiger partial charge in [0.1, 0.15) is 0 Å². The molecule has 0 saturated carbocycles. The van der Waals surface area contributed by atoms with Crippen molar-refractivity contribution in [2.45, 2.75) is 24.3 Å². The maximum atomic E-state index is 12.0. The number of rotatable bonds is 8. The van der Waals surface area contributed by atoms with E-state index in [1.54, 1.807) is 6.92 Å². The Bertz CT molecular complexity index is 651. The number of nitro groups is 1. The van der Waals surface area contributed by atoms with Gasteiger partial charge < -0.3 is 11.1 Å². The summed E-state index contributed by atoms with van der Waals surface area (Å²) in [7, 11) is -4.02. The fraction of sp³-hybridized carbons (Fsp3) is 0.417. The van der Waals surface area contributed by atoms with Crippen LogP contribution < -0.4 is 15.8 Å². The van der Waals surface area contributed by atoms with Gasteiger partial charge in [-0.25, -0.2) is 13.1 Å². The van der Waals surface area contributed by atoms with Crippen molar-refractivity contribution in [1.82, 2.24) is 10.0 Å². The molecule has 1 aromatic rings. The van der Waals surface area contributed by atoms with E-state index in [2.05, 4.69) is 10.0 Å². The summed E-state index contributed by atoms with van der Waals surface area (Å²) < 4.78 is 26.3. The number of para-hydroxylation sites is 1. The van der Waals surface area contributed by atoms with Crippen LogP contribution >= 0.6 is 12.4 Å². The number of carbonyl (C=O) groups excluding carboxylic acids is 1. The quantitative estimate of drug-likeness (QED) is 0.339. The second kappa shape index (κ2) is 9.40. The van der Waals surface area contributed by atoms with Crippen molar-refractivity contribution in [3.8, 4) is 0 Å². The molecule has 0 saturated heterocycles. The molecule has 4 N–H and O–H groups in total. The number of nitrogens with zero attached hydrogens (tertiary/aromatic N) is 1. The summed E-state index contributed by atoms with van der Waals surface area (Å²) in [6, 6.07) is 4.74. The fourth-order valence-electron chi connectivity index (χ4n) is 1.66. The minimum atomic E-state index is -4.02. The SMILES string of the molecule is CC(N)CC(=O)NCCNS(=O)(=O)c1ccccc1[N+](=O)[O-].Cl. The van der Waals surface area contributed by atoms with Gasteiger partial charge in [0, 0.05) is 31.6 Å². The standard InChI is InChI=1S/C12H18N4O5S.ClH/c1-9(13)8-12(17)14-6-7-15-22(20,21)11-5-3-2-4-10(11)16(18)19;/h2-5,9,15H,6-8,13H2,1H3,(H,14,17);1H. The Morgan fingerprint density at radius 3 is 2.52 bits per heavy atom. The van der Waals surface area contributed by atoms with Gasteiger partial charge in [-0.3, -0.25) is 14.9 Å². The molecule has 23 heavy (non-hydrogen) atoms. The van der Waals surface area contributed by atoms with Crippen LogP contribution in [0.2, 0.25) is 0 Å². The van der Waals surface area contributed by atoms with Crippen molar-refractivity contribution in [1.29, 1.82) is 0 Å². The maximum absolute atomic E-state index is 12.0. The molecule has 130 valence electrons. The third kappa shape index (κ3) is 6.91. The molecule has 0 bridgehead atoms. The molecule has 0 radical (unpaired) electrons. The molecule has 9 nitrogen and oxygen atoms in total. The number of nitro benzene ring substituents is 1. The van der Waals surface area contributed by atoms with Crippen molar-refractivity contribution in [2.75, 3.05) is 13.1 Å². The topological polar surface area (TPSA) is 144 Å². The Labute approximate surface area is 140 Å². The summed E-state index contributed by atoms with van der Waals surface area (Å²) in [5.41, 5.74) is 4.95. The number of sulfonamides is 1. The van der Waals surface area contributed by atoms with Crippen molar-refractivity contribution in [3.63, 3.8) is 0 Å². The Kier molecular flexibility index (Phi) is 8.69. The van der Waals surface area contributed by atoms with Gasteiger partial charge in [0.15, 0.2) is 4.90 Å². The van der Waals surface area contributed by atoms with Crippen LogP contribution in [0.15, 0.2) is 29.2 Å². The van der Waals surface area contributed by atoms with E-state index in [4.69, 9.17) is 5.73 Å². The minimum absolute atomic E-state index is 0. The number of carbonyl (C=O) groups is 1. The van der Waals surface area contributed by atoms with Crippen molar-refractivity contribution in [3.05, 3.63) is 34.4 Å². The first-order valence-electron chi connectivity index (χ1n) is 6.49. The second-order valence-corrected chi connectivity index (χ2v) is 6.39. The van der Waals surface area contributed by atoms with E-state index in [1.807, 2.05) is 0 Å². The molecule has 1 atom stereocenters. The van der Waals surface area contributed by atoms with E-state index in [0.29, 0.717) is 0 Å². The summed E-state index contributed by atoms with van der Waals surface area (Å²) in [6.07, 6.45) is 0.136. The molecule has 1 amide bonds. The summed E-state index contributed by atoms with van der Waals surface area (Å²) in [5, 5.41) is 13.3. The van der Waals surface area contributed by atoms with Crippen molar-refractivity contribution >= 4 is 34.0 Å². The molecule has 1 unspecified atom stereocenters. The first kappa shape index (κ1) is 21.2. The Hall–Kier alpha value is -1.75. The van der Waals surface area contributed by atoms with Crippen LogP contribution in [-0.4, -0.2) is 38.4 Å². The maximum Gasteiger partial charge on any atom is 0.289 e. The smallest absolute Gasteiger partial charge is 0.289 e. The van der Waals surface area contributed by atoms with Crippen LogP contribution in [0, 0.1) is 10.1 Å². The first-order chi connectivity index (χ1) is 10.2. The molecular weight excluding hydrogens is 348 g/mol. The lowest BCUT2D eigenvalue weighted by Crippen LogP contribution is -2.36. The summed E-state index contributed by atoms with van der Waals surface area (Å²) in [4.78, 5) is 21.0. The molecule has 0 aliphatic heterocycles. The molecule has 0 heterocycles. The predicted molar refractivity (Wildman–Crippen MR) is 86.8 cm³/mol. The van der Waals surface area contributed by atoms with Gasteiger partial charge in [0.05, 0.1) is 4.92 Å². The highest BCUT2D eigenvalue weighted by molar-refractivity contribution is 7.89. The fourth-order valence-corrected chi connectivity index (χ4v) is 2.87. The van der Waals surface area contributed by atoms with Gasteiger partial charge in [-0.15, -0.1) is 12.4 Å². The Balaban J connectivity index is 0.00000484. The zero-order valence-corrected chi connectivity index (χ0v) is 14.0. The summed E-state index contributed by atoms with van der Waals surface area (Å²) >= 11 is 0. The molecular formula is C12H19ClN4O5S. The van der Waals surface area contributed by atoms with E-state index in [-0.39, 0.29) is 43.9 Å². The normalized spacial score (nSPS) is 12.1. The number of benzene rings is 1. The molecule has 1 aromatic carbocycles. The Morgan fingerprint density at radius 2 is 1.96 bits per heavy atom. The third-order valence-corrected chi connectivity index (χ3v) is 4.11. The molecule has 0 fully saturated rings. The van der Waals surface area contributed by atoms with Crippen molar-refractivity contribution < 1.29 is 18.1 Å². The molecule has 1 rings (SSSR count). The number of nitrogens with two attached hydrogens (primary N) is 1. The Morgan fingerprint density at radius 1 is 1.35 bits per heavy atom. The molecule has 0 spiro atoms. The average molecular weight is 367 g/mol.